The third-order valence-electron chi connectivity index (χ3n) is 4.86. The first-order valence-corrected chi connectivity index (χ1v) is 8.74. The van der Waals surface area contributed by atoms with Crippen LogP contribution < -0.4 is 4.90 Å². The van der Waals surface area contributed by atoms with Crippen molar-refractivity contribution < 1.29 is 14.6 Å². The lowest BCUT2D eigenvalue weighted by molar-refractivity contribution is -0.386. The number of aromatic nitrogens is 2. The molecule has 0 radical (unpaired) electrons. The summed E-state index contributed by atoms with van der Waals surface area (Å²) in [5.41, 5.74) is 1.12. The van der Waals surface area contributed by atoms with Gasteiger partial charge in [0.05, 0.1) is 9.85 Å². The van der Waals surface area contributed by atoms with Gasteiger partial charge in [-0.3, -0.25) is 29.7 Å². The highest BCUT2D eigenvalue weighted by Gasteiger charge is 2.27. The van der Waals surface area contributed by atoms with Crippen molar-refractivity contribution >= 4 is 23.0 Å². The van der Waals surface area contributed by atoms with Gasteiger partial charge >= 0.3 is 5.69 Å². The smallest absolute Gasteiger partial charge is 0.312 e. The first-order chi connectivity index (χ1) is 13.3. The van der Waals surface area contributed by atoms with E-state index in [1.807, 2.05) is 4.90 Å². The summed E-state index contributed by atoms with van der Waals surface area (Å²) in [6, 6.07) is 6.53. The number of amides is 1. The molecule has 0 unspecified atom stereocenters. The zero-order valence-electron chi connectivity index (χ0n) is 15.6. The number of rotatable bonds is 5. The largest absolute Gasteiger partial charge is 0.362 e. The van der Waals surface area contributed by atoms with Crippen LogP contribution in [0, 0.1) is 34.1 Å². The van der Waals surface area contributed by atoms with Gasteiger partial charge in [-0.25, -0.2) is 0 Å². The van der Waals surface area contributed by atoms with Crippen LogP contribution in [0.2, 0.25) is 0 Å². The zero-order valence-corrected chi connectivity index (χ0v) is 15.6. The Hall–Kier alpha value is -3.50. The van der Waals surface area contributed by atoms with Gasteiger partial charge in [-0.15, -0.1) is 0 Å². The van der Waals surface area contributed by atoms with Crippen molar-refractivity contribution in [1.29, 1.82) is 0 Å². The normalized spacial score (nSPS) is 14.2. The molecule has 148 valence electrons. The molecule has 0 N–H and O–H groups in total. The van der Waals surface area contributed by atoms with Crippen molar-refractivity contribution in [3.8, 4) is 0 Å². The second-order valence-corrected chi connectivity index (χ2v) is 6.55. The van der Waals surface area contributed by atoms with Crippen molar-refractivity contribution in [2.75, 3.05) is 31.1 Å². The maximum atomic E-state index is 12.6. The number of carbonyl (C=O) groups is 1. The van der Waals surface area contributed by atoms with Crippen LogP contribution in [-0.2, 0) is 11.3 Å². The number of para-hydroxylation sites is 2. The molecular weight excluding hydrogens is 368 g/mol. The standard InChI is InChI=1S/C17H20N6O5/c1-12-17(23(27)28)13(2)21(18-12)11-16(24)20-9-7-19(8-10-20)14-5-3-4-6-15(14)22(25)26/h3-6H,7-11H2,1-2H3. The molecule has 0 atom stereocenters. The van der Waals surface area contributed by atoms with Crippen LogP contribution in [0.3, 0.4) is 0 Å². The molecule has 1 aromatic heterocycles. The Balaban J connectivity index is 1.66. The lowest BCUT2D eigenvalue weighted by Gasteiger charge is -2.35. The molecule has 0 bridgehead atoms. The van der Waals surface area contributed by atoms with Crippen LogP contribution in [0.1, 0.15) is 11.4 Å². The highest BCUT2D eigenvalue weighted by atomic mass is 16.6. The fourth-order valence-electron chi connectivity index (χ4n) is 3.42. The minimum atomic E-state index is -0.496. The van der Waals surface area contributed by atoms with Crippen LogP contribution in [0.4, 0.5) is 17.1 Å². The molecule has 0 aliphatic carbocycles. The van der Waals surface area contributed by atoms with Crippen molar-refractivity contribution in [3.05, 3.63) is 55.9 Å². The maximum absolute atomic E-state index is 12.6. The number of nitro groups is 2. The molecule has 1 saturated heterocycles. The summed E-state index contributed by atoms with van der Waals surface area (Å²) in [4.78, 5) is 37.5. The Morgan fingerprint density at radius 1 is 1.07 bits per heavy atom. The molecule has 2 heterocycles. The van der Waals surface area contributed by atoms with Gasteiger partial charge in [-0.1, -0.05) is 12.1 Å². The first kappa shape index (κ1) is 19.3. The fraction of sp³-hybridized carbons (Fsp3) is 0.412. The summed E-state index contributed by atoms with van der Waals surface area (Å²) < 4.78 is 1.35. The van der Waals surface area contributed by atoms with Crippen LogP contribution in [0.5, 0.6) is 0 Å². The van der Waals surface area contributed by atoms with E-state index in [2.05, 4.69) is 5.10 Å². The van der Waals surface area contributed by atoms with E-state index in [1.165, 1.54) is 17.7 Å². The topological polar surface area (TPSA) is 128 Å². The van der Waals surface area contributed by atoms with Crippen molar-refractivity contribution in [2.24, 2.45) is 0 Å². The van der Waals surface area contributed by atoms with Gasteiger partial charge in [-0.2, -0.15) is 5.10 Å². The van der Waals surface area contributed by atoms with Crippen LogP contribution in [0.25, 0.3) is 0 Å². The minimum absolute atomic E-state index is 0.0391. The monoisotopic (exact) mass is 388 g/mol. The van der Waals surface area contributed by atoms with E-state index in [-0.39, 0.29) is 29.5 Å². The number of nitrogens with zero attached hydrogens (tertiary/aromatic N) is 6. The summed E-state index contributed by atoms with van der Waals surface area (Å²) in [7, 11) is 0. The Morgan fingerprint density at radius 3 is 2.29 bits per heavy atom. The molecule has 1 fully saturated rings. The highest BCUT2D eigenvalue weighted by Crippen LogP contribution is 2.28. The van der Waals surface area contributed by atoms with Crippen LogP contribution in [-0.4, -0.2) is 56.6 Å². The summed E-state index contributed by atoms with van der Waals surface area (Å²) >= 11 is 0. The molecule has 3 rings (SSSR count). The van der Waals surface area contributed by atoms with E-state index in [9.17, 15) is 25.0 Å². The van der Waals surface area contributed by atoms with Gasteiger partial charge in [0.2, 0.25) is 5.91 Å². The second kappa shape index (κ2) is 7.62. The van der Waals surface area contributed by atoms with Gasteiger partial charge in [-0.05, 0) is 19.9 Å². The van der Waals surface area contributed by atoms with Crippen LogP contribution in [0.15, 0.2) is 24.3 Å². The molecule has 0 saturated carbocycles. The molecule has 1 aromatic carbocycles. The maximum Gasteiger partial charge on any atom is 0.312 e. The molecule has 1 amide bonds. The SMILES string of the molecule is Cc1nn(CC(=O)N2CCN(c3ccccc3[N+](=O)[O-])CC2)c(C)c1[N+](=O)[O-]. The van der Waals surface area contributed by atoms with Gasteiger partial charge < -0.3 is 9.80 Å². The summed E-state index contributed by atoms with van der Waals surface area (Å²) in [5.74, 6) is -0.192. The average molecular weight is 388 g/mol. The van der Waals surface area contributed by atoms with Crippen molar-refractivity contribution in [3.63, 3.8) is 0 Å². The van der Waals surface area contributed by atoms with Gasteiger partial charge in [0.25, 0.3) is 5.69 Å². The van der Waals surface area contributed by atoms with E-state index >= 15 is 0 Å². The summed E-state index contributed by atoms with van der Waals surface area (Å²) in [6.07, 6.45) is 0. The van der Waals surface area contributed by atoms with E-state index in [0.29, 0.717) is 37.6 Å². The predicted molar refractivity (Wildman–Crippen MR) is 100 cm³/mol. The van der Waals surface area contributed by atoms with E-state index in [0.717, 1.165) is 0 Å². The molecule has 2 aromatic rings. The van der Waals surface area contributed by atoms with E-state index < -0.39 is 9.85 Å². The lowest BCUT2D eigenvalue weighted by atomic mass is 10.2. The quantitative estimate of drug-likeness (QED) is 0.563. The molecule has 1 aliphatic heterocycles. The van der Waals surface area contributed by atoms with Crippen molar-refractivity contribution in [2.45, 2.75) is 20.4 Å². The highest BCUT2D eigenvalue weighted by molar-refractivity contribution is 5.76. The number of benzene rings is 1. The number of aryl methyl sites for hydroxylation is 1. The van der Waals surface area contributed by atoms with Crippen LogP contribution >= 0.6 is 0 Å². The van der Waals surface area contributed by atoms with E-state index in [4.69, 9.17) is 0 Å². The predicted octanol–water partition coefficient (Wildman–Crippen LogP) is 1.67. The van der Waals surface area contributed by atoms with Crippen molar-refractivity contribution in [1.82, 2.24) is 14.7 Å². The molecular formula is C17H20N6O5. The summed E-state index contributed by atoms with van der Waals surface area (Å²) in [5, 5.41) is 26.4. The van der Waals surface area contributed by atoms with Gasteiger partial charge in [0.15, 0.2) is 0 Å². The Labute approximate surface area is 160 Å². The Kier molecular flexibility index (Phi) is 5.25. The number of carbonyl (C=O) groups excluding carboxylic acids is 1. The van der Waals surface area contributed by atoms with Gasteiger partial charge in [0, 0.05) is 32.2 Å². The number of hydrogen-bond donors (Lipinski definition) is 0. The second-order valence-electron chi connectivity index (χ2n) is 6.55. The number of nitro benzene ring substituents is 1. The molecule has 0 spiro atoms. The number of hydrogen-bond acceptors (Lipinski definition) is 7. The molecule has 1 aliphatic rings. The zero-order chi connectivity index (χ0) is 20.4. The van der Waals surface area contributed by atoms with E-state index in [1.54, 1.807) is 30.0 Å². The van der Waals surface area contributed by atoms with Gasteiger partial charge in [0.1, 0.15) is 23.6 Å². The average Bonchev–Trinajstić information content (AvgIpc) is 2.95. The molecule has 28 heavy (non-hydrogen) atoms. The Bertz CT molecular complexity index is 932. The fourth-order valence-corrected chi connectivity index (χ4v) is 3.42. The third-order valence-corrected chi connectivity index (χ3v) is 4.86. The number of anilines is 1. The Morgan fingerprint density at radius 2 is 1.71 bits per heavy atom. The summed E-state index contributed by atoms with van der Waals surface area (Å²) in [6.45, 7) is 4.78. The molecule has 11 heteroatoms. The lowest BCUT2D eigenvalue weighted by Crippen LogP contribution is -2.49. The first-order valence-electron chi connectivity index (χ1n) is 8.74. The number of piperazine rings is 1. The minimum Gasteiger partial charge on any atom is -0.362 e. The third kappa shape index (κ3) is 3.63. The molecule has 11 nitrogen and oxygen atoms in total.